The molecule has 0 amide bonds. The molecule has 1 aromatic rings. The third-order valence-corrected chi connectivity index (χ3v) is 3.34. The van der Waals surface area contributed by atoms with Crippen LogP contribution in [0.5, 0.6) is 0 Å². The monoisotopic (exact) mass is 285 g/mol. The molecule has 0 radical (unpaired) electrons. The molecule has 7 nitrogen and oxygen atoms in total. The number of hydrogen-bond donors (Lipinski definition) is 3. The van der Waals surface area contributed by atoms with E-state index >= 15 is 0 Å². The van der Waals surface area contributed by atoms with E-state index in [2.05, 4.69) is 4.98 Å². The standard InChI is InChI=1S/C13H19NO6/c1-6-4-5-8(14-6)12(16)20-11-9(15)13(17)19-7(2)10(11)18-3/h4-5,7,9-11,13-15,17H,1-3H3/t7-,9+,10-,11-,13+/m0/s1. The zero-order valence-electron chi connectivity index (χ0n) is 11.6. The molecule has 1 aliphatic rings. The molecule has 1 fully saturated rings. The Hall–Kier alpha value is -1.41. The molecular weight excluding hydrogens is 266 g/mol. The second-order valence-electron chi connectivity index (χ2n) is 4.85. The van der Waals surface area contributed by atoms with Crippen molar-refractivity contribution in [2.24, 2.45) is 0 Å². The number of hydrogen-bond acceptors (Lipinski definition) is 6. The van der Waals surface area contributed by atoms with Gasteiger partial charge in [0.05, 0.1) is 6.10 Å². The summed E-state index contributed by atoms with van der Waals surface area (Å²) in [6.45, 7) is 3.48. The number of aryl methyl sites for hydroxylation is 1. The van der Waals surface area contributed by atoms with Crippen molar-refractivity contribution in [3.63, 3.8) is 0 Å². The van der Waals surface area contributed by atoms with Crippen LogP contribution >= 0.6 is 0 Å². The van der Waals surface area contributed by atoms with Crippen LogP contribution in [0.3, 0.4) is 0 Å². The Morgan fingerprint density at radius 2 is 2.05 bits per heavy atom. The molecule has 0 aliphatic carbocycles. The maximum absolute atomic E-state index is 12.0. The fraction of sp³-hybridized carbons (Fsp3) is 0.615. The van der Waals surface area contributed by atoms with Gasteiger partial charge >= 0.3 is 5.97 Å². The number of esters is 1. The first-order valence-electron chi connectivity index (χ1n) is 6.35. The minimum atomic E-state index is -1.42. The summed E-state index contributed by atoms with van der Waals surface area (Å²) in [4.78, 5) is 14.8. The highest BCUT2D eigenvalue weighted by molar-refractivity contribution is 5.87. The van der Waals surface area contributed by atoms with Crippen LogP contribution in [0.4, 0.5) is 0 Å². The van der Waals surface area contributed by atoms with E-state index in [1.54, 1.807) is 19.1 Å². The lowest BCUT2D eigenvalue weighted by Crippen LogP contribution is -2.58. The highest BCUT2D eigenvalue weighted by Crippen LogP contribution is 2.25. The molecule has 3 N–H and O–H groups in total. The number of ether oxygens (including phenoxy) is 3. The molecule has 0 spiro atoms. The highest BCUT2D eigenvalue weighted by atomic mass is 16.7. The molecule has 1 aromatic heterocycles. The van der Waals surface area contributed by atoms with E-state index in [1.807, 2.05) is 6.92 Å². The summed E-state index contributed by atoms with van der Waals surface area (Å²) < 4.78 is 15.6. The topological polar surface area (TPSA) is 101 Å². The van der Waals surface area contributed by atoms with Crippen LogP contribution in [-0.4, -0.2) is 59.0 Å². The second-order valence-corrected chi connectivity index (χ2v) is 4.85. The number of nitrogens with one attached hydrogen (secondary N) is 1. The van der Waals surface area contributed by atoms with Gasteiger partial charge in [0.25, 0.3) is 0 Å². The first kappa shape index (κ1) is 15.0. The number of aromatic amines is 1. The zero-order valence-corrected chi connectivity index (χ0v) is 11.6. The predicted molar refractivity (Wildman–Crippen MR) is 68.1 cm³/mol. The lowest BCUT2D eigenvalue weighted by atomic mass is 9.99. The number of methoxy groups -OCH3 is 1. The summed E-state index contributed by atoms with van der Waals surface area (Å²) in [6.07, 6.45) is -4.96. The van der Waals surface area contributed by atoms with Gasteiger partial charge < -0.3 is 29.4 Å². The van der Waals surface area contributed by atoms with Crippen molar-refractivity contribution in [2.45, 2.75) is 44.6 Å². The van der Waals surface area contributed by atoms with E-state index in [-0.39, 0.29) is 5.69 Å². The third-order valence-electron chi connectivity index (χ3n) is 3.34. The third kappa shape index (κ3) is 2.85. The molecule has 1 aliphatic heterocycles. The fourth-order valence-corrected chi connectivity index (χ4v) is 2.27. The van der Waals surface area contributed by atoms with Crippen LogP contribution in [0.15, 0.2) is 12.1 Å². The number of aromatic nitrogens is 1. The summed E-state index contributed by atoms with van der Waals surface area (Å²) in [5, 5.41) is 19.5. The Kier molecular flexibility index (Phi) is 4.44. The molecule has 20 heavy (non-hydrogen) atoms. The van der Waals surface area contributed by atoms with Crippen molar-refractivity contribution in [2.75, 3.05) is 7.11 Å². The minimum Gasteiger partial charge on any atom is -0.452 e. The number of rotatable bonds is 3. The Morgan fingerprint density at radius 1 is 1.35 bits per heavy atom. The Morgan fingerprint density at radius 3 is 2.60 bits per heavy atom. The number of H-pyrrole nitrogens is 1. The van der Waals surface area contributed by atoms with Crippen molar-refractivity contribution in [1.82, 2.24) is 4.98 Å². The summed E-state index contributed by atoms with van der Waals surface area (Å²) in [7, 11) is 1.43. The quantitative estimate of drug-likeness (QED) is 0.674. The number of aliphatic hydroxyl groups excluding tert-OH is 2. The number of carbonyl (C=O) groups is 1. The van der Waals surface area contributed by atoms with Crippen molar-refractivity contribution < 1.29 is 29.2 Å². The highest BCUT2D eigenvalue weighted by Gasteiger charge is 2.45. The summed E-state index contributed by atoms with van der Waals surface area (Å²) in [5.41, 5.74) is 1.10. The molecule has 0 unspecified atom stereocenters. The van der Waals surface area contributed by atoms with Gasteiger partial charge in [-0.05, 0) is 26.0 Å². The SMILES string of the molecule is CO[C@@H]1[C@@H](OC(=O)c2ccc(C)[nH]2)[C@@H](O)[C@H](O)O[C@H]1C. The van der Waals surface area contributed by atoms with Crippen LogP contribution < -0.4 is 0 Å². The fourth-order valence-electron chi connectivity index (χ4n) is 2.27. The van der Waals surface area contributed by atoms with Crippen LogP contribution in [0.1, 0.15) is 23.1 Å². The van der Waals surface area contributed by atoms with Crippen molar-refractivity contribution >= 4 is 5.97 Å². The maximum atomic E-state index is 12.0. The van der Waals surface area contributed by atoms with Gasteiger partial charge in [0.2, 0.25) is 0 Å². The largest absolute Gasteiger partial charge is 0.452 e. The van der Waals surface area contributed by atoms with E-state index in [0.29, 0.717) is 0 Å². The van der Waals surface area contributed by atoms with Crippen molar-refractivity contribution in [3.8, 4) is 0 Å². The average molecular weight is 285 g/mol. The summed E-state index contributed by atoms with van der Waals surface area (Å²) in [5.74, 6) is -0.620. The minimum absolute atomic E-state index is 0.276. The van der Waals surface area contributed by atoms with Crippen molar-refractivity contribution in [1.29, 1.82) is 0 Å². The lowest BCUT2D eigenvalue weighted by molar-refractivity contribution is -0.281. The van der Waals surface area contributed by atoms with E-state index in [0.717, 1.165) is 5.69 Å². The molecule has 1 saturated heterocycles. The molecule has 112 valence electrons. The smallest absolute Gasteiger partial charge is 0.355 e. The lowest BCUT2D eigenvalue weighted by Gasteiger charge is -2.40. The van der Waals surface area contributed by atoms with Gasteiger partial charge in [0.15, 0.2) is 12.4 Å². The number of carbonyl (C=O) groups excluding carboxylic acids is 1. The molecule has 0 bridgehead atoms. The van der Waals surface area contributed by atoms with E-state index in [9.17, 15) is 15.0 Å². The van der Waals surface area contributed by atoms with Gasteiger partial charge in [-0.3, -0.25) is 0 Å². The molecule has 5 atom stereocenters. The van der Waals surface area contributed by atoms with Gasteiger partial charge in [0, 0.05) is 12.8 Å². The van der Waals surface area contributed by atoms with E-state index in [1.165, 1.54) is 7.11 Å². The second kappa shape index (κ2) is 5.92. The predicted octanol–water partition coefficient (Wildman–Crippen LogP) is -0.0385. The van der Waals surface area contributed by atoms with Gasteiger partial charge in [-0.25, -0.2) is 4.79 Å². The molecule has 0 aromatic carbocycles. The molecular formula is C13H19NO6. The Bertz CT molecular complexity index is 473. The van der Waals surface area contributed by atoms with Gasteiger partial charge in [-0.2, -0.15) is 0 Å². The first-order valence-corrected chi connectivity index (χ1v) is 6.35. The van der Waals surface area contributed by atoms with Crippen LogP contribution in [0.25, 0.3) is 0 Å². The molecule has 2 rings (SSSR count). The van der Waals surface area contributed by atoms with Crippen LogP contribution in [-0.2, 0) is 14.2 Å². The molecule has 7 heteroatoms. The maximum Gasteiger partial charge on any atom is 0.355 e. The van der Waals surface area contributed by atoms with Gasteiger partial charge in [0.1, 0.15) is 17.9 Å². The number of aliphatic hydroxyl groups is 2. The van der Waals surface area contributed by atoms with Gasteiger partial charge in [-0.15, -0.1) is 0 Å². The summed E-state index contributed by atoms with van der Waals surface area (Å²) >= 11 is 0. The van der Waals surface area contributed by atoms with Gasteiger partial charge in [-0.1, -0.05) is 0 Å². The van der Waals surface area contributed by atoms with E-state index in [4.69, 9.17) is 14.2 Å². The molecule has 0 saturated carbocycles. The Labute approximate surface area is 116 Å². The first-order chi connectivity index (χ1) is 9.43. The van der Waals surface area contributed by atoms with E-state index < -0.39 is 36.7 Å². The van der Waals surface area contributed by atoms with Crippen LogP contribution in [0, 0.1) is 6.92 Å². The Balaban J connectivity index is 2.13. The van der Waals surface area contributed by atoms with Crippen LogP contribution in [0.2, 0.25) is 0 Å². The summed E-state index contributed by atoms with van der Waals surface area (Å²) in [6, 6.07) is 3.33. The normalized spacial score (nSPS) is 34.0. The zero-order chi connectivity index (χ0) is 14.9. The average Bonchev–Trinajstić information content (AvgIpc) is 2.82. The van der Waals surface area contributed by atoms with Crippen molar-refractivity contribution in [3.05, 3.63) is 23.5 Å². The molecule has 2 heterocycles.